The summed E-state index contributed by atoms with van der Waals surface area (Å²) in [6, 6.07) is 0. The first-order valence-electron chi connectivity index (χ1n) is 6.09. The molecule has 1 rings (SSSR count). The van der Waals surface area contributed by atoms with Crippen molar-refractivity contribution in [2.75, 3.05) is 13.1 Å². The average molecular weight is 242 g/mol. The van der Waals surface area contributed by atoms with E-state index in [4.69, 9.17) is 10.8 Å². The van der Waals surface area contributed by atoms with Gasteiger partial charge in [0.1, 0.15) is 0 Å². The molecule has 1 amide bonds. The van der Waals surface area contributed by atoms with Crippen LogP contribution >= 0.6 is 0 Å². The van der Waals surface area contributed by atoms with Crippen molar-refractivity contribution in [1.29, 1.82) is 0 Å². The second-order valence-electron chi connectivity index (χ2n) is 5.43. The lowest BCUT2D eigenvalue weighted by atomic mass is 9.91. The molecule has 0 heterocycles. The maximum Gasteiger partial charge on any atom is 0.306 e. The van der Waals surface area contributed by atoms with Crippen LogP contribution in [0.25, 0.3) is 0 Å². The van der Waals surface area contributed by atoms with Crippen LogP contribution in [-0.4, -0.2) is 30.1 Å². The summed E-state index contributed by atoms with van der Waals surface area (Å²) < 4.78 is 0. The van der Waals surface area contributed by atoms with Crippen LogP contribution in [0.5, 0.6) is 0 Å². The van der Waals surface area contributed by atoms with Crippen LogP contribution in [0.15, 0.2) is 0 Å². The van der Waals surface area contributed by atoms with Crippen molar-refractivity contribution in [1.82, 2.24) is 5.32 Å². The molecule has 0 aromatic carbocycles. The highest BCUT2D eigenvalue weighted by atomic mass is 16.4. The number of carbonyl (C=O) groups is 2. The van der Waals surface area contributed by atoms with Gasteiger partial charge < -0.3 is 16.2 Å². The maximum absolute atomic E-state index is 11.8. The zero-order chi connectivity index (χ0) is 13.1. The Morgan fingerprint density at radius 1 is 1.41 bits per heavy atom. The van der Waals surface area contributed by atoms with Gasteiger partial charge in [-0.15, -0.1) is 0 Å². The zero-order valence-electron chi connectivity index (χ0n) is 10.5. The Balaban J connectivity index is 2.46. The molecule has 2 atom stereocenters. The van der Waals surface area contributed by atoms with E-state index in [1.54, 1.807) is 13.8 Å². The van der Waals surface area contributed by atoms with Crippen LogP contribution < -0.4 is 11.1 Å². The third-order valence-electron chi connectivity index (χ3n) is 3.63. The number of carbonyl (C=O) groups excluding carboxylic acids is 1. The summed E-state index contributed by atoms with van der Waals surface area (Å²) in [5.41, 5.74) is 4.93. The highest BCUT2D eigenvalue weighted by Crippen LogP contribution is 2.31. The predicted octanol–water partition coefficient (Wildman–Crippen LogP) is 0.588. The average Bonchev–Trinajstić information content (AvgIpc) is 2.73. The van der Waals surface area contributed by atoms with E-state index in [-0.39, 0.29) is 24.3 Å². The van der Waals surface area contributed by atoms with Gasteiger partial charge in [-0.2, -0.15) is 0 Å². The van der Waals surface area contributed by atoms with Crippen molar-refractivity contribution in [2.24, 2.45) is 23.0 Å². The summed E-state index contributed by atoms with van der Waals surface area (Å²) in [7, 11) is 0. The van der Waals surface area contributed by atoms with Crippen molar-refractivity contribution in [3.8, 4) is 0 Å². The highest BCUT2D eigenvalue weighted by molar-refractivity contribution is 5.82. The molecule has 0 radical (unpaired) electrons. The minimum Gasteiger partial charge on any atom is -0.481 e. The molecule has 0 bridgehead atoms. The van der Waals surface area contributed by atoms with Crippen LogP contribution in [-0.2, 0) is 9.59 Å². The molecule has 5 heteroatoms. The predicted molar refractivity (Wildman–Crippen MR) is 64.3 cm³/mol. The van der Waals surface area contributed by atoms with Gasteiger partial charge in [0.05, 0.1) is 11.3 Å². The molecule has 17 heavy (non-hydrogen) atoms. The Labute approximate surface area is 102 Å². The maximum atomic E-state index is 11.8. The first-order valence-corrected chi connectivity index (χ1v) is 6.09. The Bertz CT molecular complexity index is 302. The van der Waals surface area contributed by atoms with Crippen LogP contribution in [0.3, 0.4) is 0 Å². The number of hydrogen-bond donors (Lipinski definition) is 3. The lowest BCUT2D eigenvalue weighted by molar-refractivity contribution is -0.143. The fraction of sp³-hybridized carbons (Fsp3) is 0.833. The van der Waals surface area contributed by atoms with E-state index in [0.29, 0.717) is 6.54 Å². The molecule has 0 saturated heterocycles. The van der Waals surface area contributed by atoms with Gasteiger partial charge in [-0.25, -0.2) is 0 Å². The minimum atomic E-state index is -0.750. The summed E-state index contributed by atoms with van der Waals surface area (Å²) in [5, 5.41) is 11.8. The van der Waals surface area contributed by atoms with Crippen LogP contribution in [0, 0.1) is 17.3 Å². The lowest BCUT2D eigenvalue weighted by Gasteiger charge is -2.23. The molecule has 5 nitrogen and oxygen atoms in total. The Morgan fingerprint density at radius 3 is 2.59 bits per heavy atom. The van der Waals surface area contributed by atoms with Crippen molar-refractivity contribution in [3.63, 3.8) is 0 Å². The van der Waals surface area contributed by atoms with Crippen molar-refractivity contribution < 1.29 is 14.7 Å². The monoisotopic (exact) mass is 242 g/mol. The third kappa shape index (κ3) is 3.43. The Morgan fingerprint density at radius 2 is 2.06 bits per heavy atom. The molecule has 0 aliphatic heterocycles. The summed E-state index contributed by atoms with van der Waals surface area (Å²) >= 11 is 0. The number of amides is 1. The SMILES string of the molecule is CC(C)(CN)C(=O)NCC1CCCC1C(=O)O. The van der Waals surface area contributed by atoms with Crippen LogP contribution in [0.1, 0.15) is 33.1 Å². The van der Waals surface area contributed by atoms with E-state index >= 15 is 0 Å². The Hall–Kier alpha value is -1.10. The normalized spacial score (nSPS) is 24.6. The van der Waals surface area contributed by atoms with Crippen molar-refractivity contribution >= 4 is 11.9 Å². The van der Waals surface area contributed by atoms with Gasteiger partial charge in [-0.1, -0.05) is 6.42 Å². The number of rotatable bonds is 5. The van der Waals surface area contributed by atoms with Gasteiger partial charge in [0, 0.05) is 13.1 Å². The number of carboxylic acid groups (broad SMARTS) is 1. The quantitative estimate of drug-likeness (QED) is 0.658. The smallest absolute Gasteiger partial charge is 0.306 e. The molecule has 0 spiro atoms. The molecule has 1 fully saturated rings. The first kappa shape index (κ1) is 14.0. The number of hydrogen-bond acceptors (Lipinski definition) is 3. The minimum absolute atomic E-state index is 0.0602. The van der Waals surface area contributed by atoms with Gasteiger partial charge >= 0.3 is 5.97 Å². The van der Waals surface area contributed by atoms with Crippen LogP contribution in [0.4, 0.5) is 0 Å². The molecule has 1 saturated carbocycles. The molecular formula is C12H22N2O3. The summed E-state index contributed by atoms with van der Waals surface area (Å²) in [6.07, 6.45) is 2.52. The molecule has 0 aromatic rings. The number of nitrogens with one attached hydrogen (secondary N) is 1. The van der Waals surface area contributed by atoms with E-state index in [0.717, 1.165) is 19.3 Å². The standard InChI is InChI=1S/C12H22N2O3/c1-12(2,7-13)11(17)14-6-8-4-3-5-9(8)10(15)16/h8-9H,3-7,13H2,1-2H3,(H,14,17)(H,15,16). The second-order valence-corrected chi connectivity index (χ2v) is 5.43. The third-order valence-corrected chi connectivity index (χ3v) is 3.63. The van der Waals surface area contributed by atoms with Gasteiger partial charge in [0.15, 0.2) is 0 Å². The van der Waals surface area contributed by atoms with Crippen molar-refractivity contribution in [2.45, 2.75) is 33.1 Å². The molecule has 1 aliphatic rings. The molecule has 98 valence electrons. The fourth-order valence-corrected chi connectivity index (χ4v) is 2.16. The summed E-state index contributed by atoms with van der Waals surface area (Å²) in [6.45, 7) is 4.29. The zero-order valence-corrected chi connectivity index (χ0v) is 10.5. The van der Waals surface area contributed by atoms with Crippen molar-refractivity contribution in [3.05, 3.63) is 0 Å². The molecule has 2 unspecified atom stereocenters. The van der Waals surface area contributed by atoms with E-state index in [1.165, 1.54) is 0 Å². The summed E-state index contributed by atoms with van der Waals surface area (Å²) in [4.78, 5) is 22.8. The number of aliphatic carboxylic acids is 1. The molecule has 1 aliphatic carbocycles. The van der Waals surface area contributed by atoms with Gasteiger partial charge in [-0.3, -0.25) is 9.59 Å². The largest absolute Gasteiger partial charge is 0.481 e. The summed E-state index contributed by atoms with van der Waals surface area (Å²) in [5.74, 6) is -1.10. The highest BCUT2D eigenvalue weighted by Gasteiger charge is 2.34. The van der Waals surface area contributed by atoms with E-state index in [1.807, 2.05) is 0 Å². The van der Waals surface area contributed by atoms with Gasteiger partial charge in [0.25, 0.3) is 0 Å². The van der Waals surface area contributed by atoms with E-state index < -0.39 is 11.4 Å². The molecule has 0 aromatic heterocycles. The molecular weight excluding hydrogens is 220 g/mol. The van der Waals surface area contributed by atoms with Crippen LogP contribution in [0.2, 0.25) is 0 Å². The van der Waals surface area contributed by atoms with E-state index in [9.17, 15) is 9.59 Å². The Kier molecular flexibility index (Phi) is 4.51. The van der Waals surface area contributed by atoms with Gasteiger partial charge in [0.2, 0.25) is 5.91 Å². The molecule has 4 N–H and O–H groups in total. The lowest BCUT2D eigenvalue weighted by Crippen LogP contribution is -2.44. The first-order chi connectivity index (χ1) is 7.88. The fourth-order valence-electron chi connectivity index (χ4n) is 2.16. The van der Waals surface area contributed by atoms with E-state index in [2.05, 4.69) is 5.32 Å². The van der Waals surface area contributed by atoms with Gasteiger partial charge in [-0.05, 0) is 32.6 Å². The number of nitrogens with two attached hydrogens (primary N) is 1. The topological polar surface area (TPSA) is 92.4 Å². The number of carboxylic acids is 1. The second kappa shape index (κ2) is 5.49.